The Morgan fingerprint density at radius 1 is 1.29 bits per heavy atom. The zero-order valence-electron chi connectivity index (χ0n) is 10.4. The normalized spacial score (nSPS) is 33.6. The van der Waals surface area contributed by atoms with Crippen LogP contribution in [-0.4, -0.2) is 13.1 Å². The third kappa shape index (κ3) is 2.00. The lowest BCUT2D eigenvalue weighted by Crippen LogP contribution is -2.43. The van der Waals surface area contributed by atoms with E-state index in [1.165, 1.54) is 24.8 Å². The van der Waals surface area contributed by atoms with Crippen LogP contribution in [0.3, 0.4) is 0 Å². The molecule has 2 aliphatic rings. The molecule has 2 fully saturated rings. The average molecular weight is 250 g/mol. The highest BCUT2D eigenvalue weighted by Gasteiger charge is 2.48. The van der Waals surface area contributed by atoms with E-state index in [4.69, 9.17) is 11.6 Å². The molecule has 0 radical (unpaired) electrons. The van der Waals surface area contributed by atoms with E-state index in [2.05, 4.69) is 24.4 Å². The lowest BCUT2D eigenvalue weighted by Gasteiger charge is -2.43. The third-order valence-electron chi connectivity index (χ3n) is 4.78. The molecule has 1 N–H and O–H groups in total. The van der Waals surface area contributed by atoms with Gasteiger partial charge in [0.25, 0.3) is 0 Å². The lowest BCUT2D eigenvalue weighted by molar-refractivity contribution is 0.154. The Balaban J connectivity index is 1.96. The van der Waals surface area contributed by atoms with Crippen LogP contribution in [-0.2, 0) is 0 Å². The minimum atomic E-state index is 0.455. The molecular formula is C15H20ClN. The van der Waals surface area contributed by atoms with E-state index in [1.807, 2.05) is 12.1 Å². The molecule has 1 saturated heterocycles. The van der Waals surface area contributed by atoms with Gasteiger partial charge in [0, 0.05) is 17.5 Å². The molecule has 1 nitrogen and oxygen atoms in total. The summed E-state index contributed by atoms with van der Waals surface area (Å²) in [4.78, 5) is 0. The molecule has 17 heavy (non-hydrogen) atoms. The fourth-order valence-corrected chi connectivity index (χ4v) is 3.73. The number of halogens is 1. The van der Waals surface area contributed by atoms with Crippen LogP contribution in [0.1, 0.15) is 37.7 Å². The van der Waals surface area contributed by atoms with Gasteiger partial charge in [-0.25, -0.2) is 0 Å². The van der Waals surface area contributed by atoms with Gasteiger partial charge in [0.05, 0.1) is 0 Å². The van der Waals surface area contributed by atoms with Crippen molar-refractivity contribution in [1.29, 1.82) is 0 Å². The quantitative estimate of drug-likeness (QED) is 0.840. The van der Waals surface area contributed by atoms with Crippen molar-refractivity contribution in [3.63, 3.8) is 0 Å². The van der Waals surface area contributed by atoms with Gasteiger partial charge in [-0.2, -0.15) is 0 Å². The molecule has 2 heteroatoms. The zero-order chi connectivity index (χ0) is 11.9. The van der Waals surface area contributed by atoms with E-state index < -0.39 is 0 Å². The SMILES string of the molecule is CC1(C2CC2)CCNCC1c1ccccc1Cl. The first-order valence-corrected chi connectivity index (χ1v) is 7.05. The molecule has 3 rings (SSSR count). The number of rotatable bonds is 2. The largest absolute Gasteiger partial charge is 0.316 e. The van der Waals surface area contributed by atoms with Crippen LogP contribution >= 0.6 is 11.6 Å². The first-order valence-electron chi connectivity index (χ1n) is 6.67. The van der Waals surface area contributed by atoms with E-state index in [1.54, 1.807) is 0 Å². The zero-order valence-corrected chi connectivity index (χ0v) is 11.1. The molecule has 2 unspecified atom stereocenters. The summed E-state index contributed by atoms with van der Waals surface area (Å²) in [6.07, 6.45) is 4.11. The molecule has 0 spiro atoms. The van der Waals surface area contributed by atoms with Crippen LogP contribution in [0.15, 0.2) is 24.3 Å². The van der Waals surface area contributed by atoms with E-state index in [-0.39, 0.29) is 0 Å². The Morgan fingerprint density at radius 2 is 2.06 bits per heavy atom. The van der Waals surface area contributed by atoms with Crippen molar-refractivity contribution in [3.05, 3.63) is 34.9 Å². The van der Waals surface area contributed by atoms with Crippen LogP contribution in [0, 0.1) is 11.3 Å². The third-order valence-corrected chi connectivity index (χ3v) is 5.12. The highest BCUT2D eigenvalue weighted by Crippen LogP contribution is 2.56. The predicted molar refractivity (Wildman–Crippen MR) is 72.5 cm³/mol. The van der Waals surface area contributed by atoms with Gasteiger partial charge in [0.2, 0.25) is 0 Å². The topological polar surface area (TPSA) is 12.0 Å². The number of piperidine rings is 1. The highest BCUT2D eigenvalue weighted by atomic mass is 35.5. The molecule has 1 aromatic rings. The van der Waals surface area contributed by atoms with Gasteiger partial charge in [0.1, 0.15) is 0 Å². The molecule has 2 atom stereocenters. The highest BCUT2D eigenvalue weighted by molar-refractivity contribution is 6.31. The molecule has 0 amide bonds. The maximum absolute atomic E-state index is 6.38. The van der Waals surface area contributed by atoms with Gasteiger partial charge in [-0.1, -0.05) is 36.7 Å². The van der Waals surface area contributed by atoms with Crippen molar-refractivity contribution >= 4 is 11.6 Å². The second-order valence-electron chi connectivity index (χ2n) is 5.81. The molecule has 0 bridgehead atoms. The Labute approximate surface area is 109 Å². The Bertz CT molecular complexity index is 413. The molecule has 92 valence electrons. The standard InChI is InChI=1S/C15H20ClN/c1-15(11-6-7-11)8-9-17-10-13(15)12-4-2-3-5-14(12)16/h2-5,11,13,17H,6-10H2,1H3. The first kappa shape index (κ1) is 11.6. The summed E-state index contributed by atoms with van der Waals surface area (Å²) in [6.45, 7) is 4.71. The predicted octanol–water partition coefficient (Wildman–Crippen LogP) is 3.83. The summed E-state index contributed by atoms with van der Waals surface area (Å²) in [5.41, 5.74) is 1.80. The average Bonchev–Trinajstić information content (AvgIpc) is 3.15. The van der Waals surface area contributed by atoms with Crippen molar-refractivity contribution in [3.8, 4) is 0 Å². The van der Waals surface area contributed by atoms with Crippen molar-refractivity contribution < 1.29 is 0 Å². The summed E-state index contributed by atoms with van der Waals surface area (Å²) in [5.74, 6) is 1.50. The van der Waals surface area contributed by atoms with Gasteiger partial charge in [-0.15, -0.1) is 0 Å². The number of hydrogen-bond acceptors (Lipinski definition) is 1. The van der Waals surface area contributed by atoms with Crippen molar-refractivity contribution in [1.82, 2.24) is 5.32 Å². The molecular weight excluding hydrogens is 230 g/mol. The molecule has 1 saturated carbocycles. The minimum Gasteiger partial charge on any atom is -0.316 e. The fourth-order valence-electron chi connectivity index (χ4n) is 3.47. The van der Waals surface area contributed by atoms with E-state index >= 15 is 0 Å². The van der Waals surface area contributed by atoms with Gasteiger partial charge in [0.15, 0.2) is 0 Å². The molecule has 1 heterocycles. The van der Waals surface area contributed by atoms with Gasteiger partial charge in [-0.05, 0) is 48.8 Å². The monoisotopic (exact) mass is 249 g/mol. The van der Waals surface area contributed by atoms with Crippen LogP contribution in [0.2, 0.25) is 5.02 Å². The Morgan fingerprint density at radius 3 is 2.76 bits per heavy atom. The maximum Gasteiger partial charge on any atom is 0.0441 e. The summed E-state index contributed by atoms with van der Waals surface area (Å²) in [5, 5.41) is 4.48. The second kappa shape index (κ2) is 4.29. The van der Waals surface area contributed by atoms with Gasteiger partial charge < -0.3 is 5.32 Å². The summed E-state index contributed by atoms with van der Waals surface area (Å²) in [6, 6.07) is 8.37. The van der Waals surface area contributed by atoms with Gasteiger partial charge in [-0.3, -0.25) is 0 Å². The van der Waals surface area contributed by atoms with Crippen LogP contribution in [0.5, 0.6) is 0 Å². The van der Waals surface area contributed by atoms with E-state index in [0.717, 1.165) is 24.0 Å². The minimum absolute atomic E-state index is 0.455. The van der Waals surface area contributed by atoms with Crippen molar-refractivity contribution in [2.45, 2.75) is 32.1 Å². The van der Waals surface area contributed by atoms with Crippen molar-refractivity contribution in [2.24, 2.45) is 11.3 Å². The molecule has 0 aromatic heterocycles. The van der Waals surface area contributed by atoms with Crippen LogP contribution in [0.25, 0.3) is 0 Å². The van der Waals surface area contributed by atoms with Crippen molar-refractivity contribution in [2.75, 3.05) is 13.1 Å². The fraction of sp³-hybridized carbons (Fsp3) is 0.600. The van der Waals surface area contributed by atoms with E-state index in [9.17, 15) is 0 Å². The lowest BCUT2D eigenvalue weighted by atomic mass is 9.66. The smallest absolute Gasteiger partial charge is 0.0441 e. The van der Waals surface area contributed by atoms with Gasteiger partial charge >= 0.3 is 0 Å². The molecule has 1 aliphatic heterocycles. The molecule has 1 aliphatic carbocycles. The number of benzene rings is 1. The number of hydrogen-bond donors (Lipinski definition) is 1. The summed E-state index contributed by atoms with van der Waals surface area (Å²) >= 11 is 6.38. The van der Waals surface area contributed by atoms with Crippen LogP contribution in [0.4, 0.5) is 0 Å². The summed E-state index contributed by atoms with van der Waals surface area (Å²) in [7, 11) is 0. The number of nitrogens with one attached hydrogen (secondary N) is 1. The van der Waals surface area contributed by atoms with Crippen LogP contribution < -0.4 is 5.32 Å². The second-order valence-corrected chi connectivity index (χ2v) is 6.22. The molecule has 1 aromatic carbocycles. The Hall–Kier alpha value is -0.530. The van der Waals surface area contributed by atoms with E-state index in [0.29, 0.717) is 11.3 Å². The summed E-state index contributed by atoms with van der Waals surface area (Å²) < 4.78 is 0. The first-order chi connectivity index (χ1) is 8.22. The maximum atomic E-state index is 6.38. The Kier molecular flexibility index (Phi) is 2.92.